The summed E-state index contributed by atoms with van der Waals surface area (Å²) < 4.78 is 2.15. The predicted octanol–water partition coefficient (Wildman–Crippen LogP) is 4.95. The van der Waals surface area contributed by atoms with Gasteiger partial charge in [0.15, 0.2) is 5.16 Å². The van der Waals surface area contributed by atoms with E-state index in [0.29, 0.717) is 5.75 Å². The summed E-state index contributed by atoms with van der Waals surface area (Å²) in [6, 6.07) is 18.7. The molecular weight excluding hydrogens is 366 g/mol. The maximum atomic E-state index is 12.6. The van der Waals surface area contributed by atoms with Crippen LogP contribution >= 0.6 is 11.8 Å². The molecule has 0 radical (unpaired) electrons. The van der Waals surface area contributed by atoms with Crippen LogP contribution in [0.3, 0.4) is 0 Å². The van der Waals surface area contributed by atoms with Crippen LogP contribution in [0.15, 0.2) is 66.0 Å². The highest BCUT2D eigenvalue weighted by Gasteiger charge is 2.19. The van der Waals surface area contributed by atoms with E-state index in [1.54, 1.807) is 0 Å². The van der Waals surface area contributed by atoms with E-state index in [2.05, 4.69) is 52.9 Å². The predicted molar refractivity (Wildman–Crippen MR) is 115 cm³/mol. The van der Waals surface area contributed by atoms with Gasteiger partial charge in [0.25, 0.3) is 0 Å². The van der Waals surface area contributed by atoms with E-state index in [9.17, 15) is 4.79 Å². The average Bonchev–Trinajstić information content (AvgIpc) is 3.17. The zero-order chi connectivity index (χ0) is 19.3. The lowest BCUT2D eigenvalue weighted by Gasteiger charge is -2.26. The summed E-state index contributed by atoms with van der Waals surface area (Å²) in [6.45, 7) is 3.87. The highest BCUT2D eigenvalue weighted by atomic mass is 32.2. The number of piperidine rings is 1. The number of hydrogen-bond donors (Lipinski definition) is 0. The van der Waals surface area contributed by atoms with Gasteiger partial charge in [-0.3, -0.25) is 9.36 Å². The van der Waals surface area contributed by atoms with Gasteiger partial charge in [0.05, 0.1) is 17.6 Å². The van der Waals surface area contributed by atoms with E-state index in [-0.39, 0.29) is 5.91 Å². The van der Waals surface area contributed by atoms with Crippen LogP contribution < -0.4 is 0 Å². The first-order chi connectivity index (χ1) is 13.7. The van der Waals surface area contributed by atoms with Gasteiger partial charge in [-0.05, 0) is 38.3 Å². The van der Waals surface area contributed by atoms with Crippen LogP contribution in [0.25, 0.3) is 16.9 Å². The SMILES string of the molecule is Cc1ccc(-c2cnc(SCC(=O)N3CCCCC3)n2-c2ccccc2)cc1. The van der Waals surface area contributed by atoms with Crippen LogP contribution in [0.4, 0.5) is 0 Å². The van der Waals surface area contributed by atoms with Crippen molar-refractivity contribution in [2.45, 2.75) is 31.3 Å². The summed E-state index contributed by atoms with van der Waals surface area (Å²) >= 11 is 1.52. The van der Waals surface area contributed by atoms with Gasteiger partial charge in [0, 0.05) is 24.3 Å². The summed E-state index contributed by atoms with van der Waals surface area (Å²) in [7, 11) is 0. The van der Waals surface area contributed by atoms with Crippen molar-refractivity contribution < 1.29 is 4.79 Å². The van der Waals surface area contributed by atoms with E-state index in [1.165, 1.54) is 23.7 Å². The molecule has 0 bridgehead atoms. The number of rotatable bonds is 5. The lowest BCUT2D eigenvalue weighted by molar-refractivity contribution is -0.129. The number of benzene rings is 2. The zero-order valence-electron chi connectivity index (χ0n) is 16.2. The fourth-order valence-corrected chi connectivity index (χ4v) is 4.45. The molecule has 0 N–H and O–H groups in total. The quantitative estimate of drug-likeness (QED) is 0.578. The molecule has 0 unspecified atom stereocenters. The zero-order valence-corrected chi connectivity index (χ0v) is 17.0. The molecule has 4 nitrogen and oxygen atoms in total. The molecule has 0 saturated carbocycles. The Bertz CT molecular complexity index is 928. The number of likely N-dealkylation sites (tertiary alicyclic amines) is 1. The third-order valence-electron chi connectivity index (χ3n) is 5.12. The number of imidazole rings is 1. The van der Waals surface area contributed by atoms with Crippen molar-refractivity contribution in [3.8, 4) is 16.9 Å². The van der Waals surface area contributed by atoms with Crippen LogP contribution in [0.1, 0.15) is 24.8 Å². The Morgan fingerprint density at radius 3 is 2.43 bits per heavy atom. The third-order valence-corrected chi connectivity index (χ3v) is 6.06. The fraction of sp³-hybridized carbons (Fsp3) is 0.304. The first kappa shape index (κ1) is 18.8. The number of carbonyl (C=O) groups excluding carboxylic acids is 1. The van der Waals surface area contributed by atoms with Gasteiger partial charge in [0.2, 0.25) is 5.91 Å². The molecule has 5 heteroatoms. The monoisotopic (exact) mass is 391 g/mol. The fourth-order valence-electron chi connectivity index (χ4n) is 3.55. The topological polar surface area (TPSA) is 38.1 Å². The Morgan fingerprint density at radius 2 is 1.71 bits per heavy atom. The number of para-hydroxylation sites is 1. The van der Waals surface area contributed by atoms with Crippen molar-refractivity contribution in [2.24, 2.45) is 0 Å². The number of amides is 1. The summed E-state index contributed by atoms with van der Waals surface area (Å²) in [5.41, 5.74) is 4.45. The molecule has 1 aliphatic heterocycles. The summed E-state index contributed by atoms with van der Waals surface area (Å²) in [5.74, 6) is 0.640. The molecule has 4 rings (SSSR count). The third kappa shape index (κ3) is 4.14. The molecule has 28 heavy (non-hydrogen) atoms. The van der Waals surface area contributed by atoms with Crippen LogP contribution in [0.2, 0.25) is 0 Å². The maximum Gasteiger partial charge on any atom is 0.233 e. The molecule has 1 amide bonds. The Hall–Kier alpha value is -2.53. The second-order valence-corrected chi connectivity index (χ2v) is 8.14. The summed E-state index contributed by atoms with van der Waals surface area (Å²) in [6.07, 6.45) is 5.37. The van der Waals surface area contributed by atoms with Crippen molar-refractivity contribution in [2.75, 3.05) is 18.8 Å². The van der Waals surface area contributed by atoms with Crippen molar-refractivity contribution in [1.82, 2.24) is 14.5 Å². The molecule has 1 saturated heterocycles. The molecule has 2 aromatic carbocycles. The Kier molecular flexibility index (Phi) is 5.81. The molecule has 1 aliphatic rings. The van der Waals surface area contributed by atoms with Crippen molar-refractivity contribution >= 4 is 17.7 Å². The van der Waals surface area contributed by atoms with Gasteiger partial charge in [0.1, 0.15) is 0 Å². The van der Waals surface area contributed by atoms with Gasteiger partial charge in [-0.1, -0.05) is 59.8 Å². The number of thioether (sulfide) groups is 1. The van der Waals surface area contributed by atoms with E-state index in [1.807, 2.05) is 29.3 Å². The van der Waals surface area contributed by atoms with Gasteiger partial charge >= 0.3 is 0 Å². The molecular formula is C23H25N3OS. The second kappa shape index (κ2) is 8.65. The van der Waals surface area contributed by atoms with Gasteiger partial charge < -0.3 is 4.90 Å². The number of aromatic nitrogens is 2. The minimum Gasteiger partial charge on any atom is -0.342 e. The Balaban J connectivity index is 1.62. The first-order valence-corrected chi connectivity index (χ1v) is 10.8. The van der Waals surface area contributed by atoms with E-state index in [0.717, 1.165) is 48.0 Å². The number of nitrogens with zero attached hydrogens (tertiary/aromatic N) is 3. The van der Waals surface area contributed by atoms with Gasteiger partial charge in [-0.2, -0.15) is 0 Å². The molecule has 0 atom stereocenters. The minimum atomic E-state index is 0.212. The lowest BCUT2D eigenvalue weighted by atomic mass is 10.1. The van der Waals surface area contributed by atoms with E-state index in [4.69, 9.17) is 0 Å². The van der Waals surface area contributed by atoms with Gasteiger partial charge in [-0.15, -0.1) is 0 Å². The molecule has 1 aromatic heterocycles. The van der Waals surface area contributed by atoms with E-state index >= 15 is 0 Å². The second-order valence-electron chi connectivity index (χ2n) is 7.19. The standard InChI is InChI=1S/C23H25N3OS/c1-18-10-12-19(13-11-18)21-16-24-23(26(21)20-8-4-2-5-9-20)28-17-22(27)25-14-6-3-7-15-25/h2,4-5,8-13,16H,3,6-7,14-15,17H2,1H3. The van der Waals surface area contributed by atoms with Crippen molar-refractivity contribution in [1.29, 1.82) is 0 Å². The van der Waals surface area contributed by atoms with Crippen LogP contribution in [0.5, 0.6) is 0 Å². The van der Waals surface area contributed by atoms with Crippen LogP contribution in [-0.2, 0) is 4.79 Å². The molecule has 1 fully saturated rings. The molecule has 0 aliphatic carbocycles. The largest absolute Gasteiger partial charge is 0.342 e. The lowest BCUT2D eigenvalue weighted by Crippen LogP contribution is -2.36. The highest BCUT2D eigenvalue weighted by molar-refractivity contribution is 7.99. The smallest absolute Gasteiger partial charge is 0.233 e. The first-order valence-electron chi connectivity index (χ1n) is 9.83. The minimum absolute atomic E-state index is 0.212. The summed E-state index contributed by atoms with van der Waals surface area (Å²) in [4.78, 5) is 19.3. The number of carbonyl (C=O) groups is 1. The maximum absolute atomic E-state index is 12.6. The van der Waals surface area contributed by atoms with Crippen molar-refractivity contribution in [3.63, 3.8) is 0 Å². The number of aryl methyl sites for hydroxylation is 1. The number of hydrogen-bond acceptors (Lipinski definition) is 3. The molecule has 2 heterocycles. The Labute approximate surface area is 170 Å². The van der Waals surface area contributed by atoms with Gasteiger partial charge in [-0.25, -0.2) is 4.98 Å². The molecule has 3 aromatic rings. The highest BCUT2D eigenvalue weighted by Crippen LogP contribution is 2.30. The normalized spacial score (nSPS) is 14.2. The molecule has 0 spiro atoms. The van der Waals surface area contributed by atoms with E-state index < -0.39 is 0 Å². The Morgan fingerprint density at radius 1 is 1.00 bits per heavy atom. The van der Waals surface area contributed by atoms with Crippen molar-refractivity contribution in [3.05, 3.63) is 66.4 Å². The molecule has 144 valence electrons. The van der Waals surface area contributed by atoms with Crippen LogP contribution in [-0.4, -0.2) is 39.2 Å². The van der Waals surface area contributed by atoms with Crippen LogP contribution in [0, 0.1) is 6.92 Å². The summed E-state index contributed by atoms with van der Waals surface area (Å²) in [5, 5.41) is 0.854. The average molecular weight is 392 g/mol.